The lowest BCUT2D eigenvalue weighted by molar-refractivity contribution is -0.120. The number of carbonyl (C=O) groups excluding carboxylic acids is 2. The fourth-order valence-electron chi connectivity index (χ4n) is 2.97. The van der Waals surface area contributed by atoms with E-state index in [1.165, 1.54) is 0 Å². The number of anilines is 2. The fourth-order valence-corrected chi connectivity index (χ4v) is 2.97. The molecule has 0 bridgehead atoms. The van der Waals surface area contributed by atoms with Crippen LogP contribution in [-0.4, -0.2) is 25.0 Å². The van der Waals surface area contributed by atoms with Crippen molar-refractivity contribution in [2.24, 2.45) is 0 Å². The first kappa shape index (κ1) is 17.2. The molecule has 5 heteroatoms. The van der Waals surface area contributed by atoms with Crippen molar-refractivity contribution in [1.82, 2.24) is 0 Å². The van der Waals surface area contributed by atoms with E-state index in [-0.39, 0.29) is 18.4 Å². The number of aryl methyl sites for hydroxylation is 1. The number of nitrogens with zero attached hydrogens (tertiary/aromatic N) is 1. The van der Waals surface area contributed by atoms with Gasteiger partial charge in [-0.2, -0.15) is 0 Å². The molecule has 2 aromatic rings. The zero-order chi connectivity index (χ0) is 17.6. The highest BCUT2D eigenvalue weighted by molar-refractivity contribution is 5.97. The number of hydrogen-bond acceptors (Lipinski definition) is 3. The van der Waals surface area contributed by atoms with Gasteiger partial charge in [-0.1, -0.05) is 30.3 Å². The average Bonchev–Trinajstić information content (AvgIpc) is 2.63. The maximum Gasteiger partial charge on any atom is 0.250 e. The van der Waals surface area contributed by atoms with Gasteiger partial charge in [0.1, 0.15) is 6.61 Å². The van der Waals surface area contributed by atoms with Gasteiger partial charge in [-0.25, -0.2) is 0 Å². The van der Waals surface area contributed by atoms with Gasteiger partial charge in [-0.3, -0.25) is 9.59 Å². The summed E-state index contributed by atoms with van der Waals surface area (Å²) in [4.78, 5) is 26.0. The first-order valence-corrected chi connectivity index (χ1v) is 8.52. The molecule has 0 saturated carbocycles. The third-order valence-corrected chi connectivity index (χ3v) is 4.18. The summed E-state index contributed by atoms with van der Waals surface area (Å²) in [5, 5.41) is 2.84. The molecule has 3 rings (SSSR count). The summed E-state index contributed by atoms with van der Waals surface area (Å²) in [5.41, 5.74) is 3.82. The zero-order valence-corrected chi connectivity index (χ0v) is 14.3. The van der Waals surface area contributed by atoms with Crippen molar-refractivity contribution in [3.05, 3.63) is 59.7 Å². The fraction of sp³-hybridized carbons (Fsp3) is 0.300. The molecule has 0 fully saturated rings. The highest BCUT2D eigenvalue weighted by atomic mass is 16.5. The number of amides is 2. The van der Waals surface area contributed by atoms with Gasteiger partial charge in [0, 0.05) is 24.4 Å². The van der Waals surface area contributed by atoms with E-state index >= 15 is 0 Å². The van der Waals surface area contributed by atoms with Gasteiger partial charge in [0.2, 0.25) is 11.8 Å². The largest absolute Gasteiger partial charge is 0.372 e. The summed E-state index contributed by atoms with van der Waals surface area (Å²) in [6.45, 7) is 2.97. The van der Waals surface area contributed by atoms with Crippen molar-refractivity contribution in [3.8, 4) is 0 Å². The number of nitrogens with one attached hydrogen (secondary N) is 1. The quantitative estimate of drug-likeness (QED) is 0.880. The first-order chi connectivity index (χ1) is 12.2. The Kier molecular flexibility index (Phi) is 5.46. The molecule has 2 aromatic carbocycles. The van der Waals surface area contributed by atoms with E-state index in [2.05, 4.69) is 5.32 Å². The van der Waals surface area contributed by atoms with E-state index in [0.717, 1.165) is 22.5 Å². The van der Waals surface area contributed by atoms with E-state index in [0.29, 0.717) is 26.0 Å². The second kappa shape index (κ2) is 7.94. The molecule has 2 amide bonds. The summed E-state index contributed by atoms with van der Waals surface area (Å²) in [6.07, 6.45) is 1.17. The van der Waals surface area contributed by atoms with Gasteiger partial charge >= 0.3 is 0 Å². The van der Waals surface area contributed by atoms with Crippen LogP contribution in [0.2, 0.25) is 0 Å². The number of ether oxygens (including phenoxy) is 1. The molecule has 130 valence electrons. The average molecular weight is 338 g/mol. The number of carbonyl (C=O) groups is 2. The van der Waals surface area contributed by atoms with Crippen molar-refractivity contribution in [2.45, 2.75) is 26.3 Å². The third-order valence-electron chi connectivity index (χ3n) is 4.18. The van der Waals surface area contributed by atoms with Gasteiger partial charge in [0.25, 0.3) is 0 Å². The van der Waals surface area contributed by atoms with E-state index in [4.69, 9.17) is 4.74 Å². The second-order valence-electron chi connectivity index (χ2n) is 5.99. The molecule has 5 nitrogen and oxygen atoms in total. The zero-order valence-electron chi connectivity index (χ0n) is 14.3. The third kappa shape index (κ3) is 4.25. The molecule has 25 heavy (non-hydrogen) atoms. The highest BCUT2D eigenvalue weighted by Crippen LogP contribution is 2.31. The van der Waals surface area contributed by atoms with Crippen LogP contribution in [0, 0.1) is 0 Å². The lowest BCUT2D eigenvalue weighted by Crippen LogP contribution is -2.34. The summed E-state index contributed by atoms with van der Waals surface area (Å²) < 4.78 is 5.11. The molecular weight excluding hydrogens is 316 g/mol. The molecule has 0 aromatic heterocycles. The lowest BCUT2D eigenvalue weighted by Gasteiger charge is -2.30. The van der Waals surface area contributed by atoms with E-state index < -0.39 is 0 Å². The Morgan fingerprint density at radius 3 is 2.72 bits per heavy atom. The summed E-state index contributed by atoms with van der Waals surface area (Å²) >= 11 is 0. The number of benzene rings is 2. The van der Waals surface area contributed by atoms with Crippen molar-refractivity contribution in [2.75, 3.05) is 23.4 Å². The first-order valence-electron chi connectivity index (χ1n) is 8.52. The number of fused-ring (bicyclic) bond motifs is 1. The van der Waals surface area contributed by atoms with Gasteiger partial charge in [-0.05, 0) is 42.7 Å². The van der Waals surface area contributed by atoms with Crippen LogP contribution < -0.4 is 10.2 Å². The molecule has 0 unspecified atom stereocenters. The molecule has 1 aliphatic rings. The Hall–Kier alpha value is -2.66. The maximum absolute atomic E-state index is 12.4. The van der Waals surface area contributed by atoms with Crippen LogP contribution in [0.3, 0.4) is 0 Å². The summed E-state index contributed by atoms with van der Waals surface area (Å²) in [7, 11) is 0. The molecule has 0 saturated heterocycles. The topological polar surface area (TPSA) is 58.6 Å². The van der Waals surface area contributed by atoms with Gasteiger partial charge in [0.15, 0.2) is 0 Å². The smallest absolute Gasteiger partial charge is 0.250 e. The second-order valence-corrected chi connectivity index (χ2v) is 5.99. The van der Waals surface area contributed by atoms with Crippen molar-refractivity contribution in [3.63, 3.8) is 0 Å². The monoisotopic (exact) mass is 338 g/mol. The summed E-state index contributed by atoms with van der Waals surface area (Å²) in [6, 6.07) is 15.6. The Balaban J connectivity index is 1.77. The SMILES string of the molecule is CCOCC(=O)Nc1ccc2c(c1)CCC(=O)N2Cc1ccccc1. The Morgan fingerprint density at radius 1 is 1.16 bits per heavy atom. The minimum Gasteiger partial charge on any atom is -0.372 e. The maximum atomic E-state index is 12.4. The van der Waals surface area contributed by atoms with E-state index in [1.807, 2.05) is 60.4 Å². The van der Waals surface area contributed by atoms with Crippen LogP contribution >= 0.6 is 0 Å². The minimum atomic E-state index is -0.171. The number of hydrogen-bond donors (Lipinski definition) is 1. The van der Waals surface area contributed by atoms with Crippen molar-refractivity contribution >= 4 is 23.2 Å². The molecular formula is C20H22N2O3. The van der Waals surface area contributed by atoms with E-state index in [9.17, 15) is 9.59 Å². The van der Waals surface area contributed by atoms with E-state index in [1.54, 1.807) is 0 Å². The molecule has 1 aliphatic heterocycles. The normalized spacial score (nSPS) is 13.5. The highest BCUT2D eigenvalue weighted by Gasteiger charge is 2.24. The van der Waals surface area contributed by atoms with Crippen LogP contribution in [-0.2, 0) is 27.3 Å². The standard InChI is InChI=1S/C20H22N2O3/c1-2-25-14-19(23)21-17-9-10-18-16(12-17)8-11-20(24)22(18)13-15-6-4-3-5-7-15/h3-7,9-10,12H,2,8,11,13-14H2,1H3,(H,21,23). The summed E-state index contributed by atoms with van der Waals surface area (Å²) in [5.74, 6) is -0.0423. The van der Waals surface area contributed by atoms with Crippen LogP contribution in [0.4, 0.5) is 11.4 Å². The molecule has 0 aliphatic carbocycles. The molecule has 0 atom stereocenters. The molecule has 0 spiro atoms. The van der Waals surface area contributed by atoms with Gasteiger partial charge in [-0.15, -0.1) is 0 Å². The van der Waals surface area contributed by atoms with Gasteiger partial charge < -0.3 is 15.0 Å². The predicted octanol–water partition coefficient (Wildman–Crippen LogP) is 3.14. The van der Waals surface area contributed by atoms with Crippen LogP contribution in [0.25, 0.3) is 0 Å². The van der Waals surface area contributed by atoms with Crippen LogP contribution in [0.1, 0.15) is 24.5 Å². The predicted molar refractivity (Wildman–Crippen MR) is 97.5 cm³/mol. The number of rotatable bonds is 6. The van der Waals surface area contributed by atoms with Gasteiger partial charge in [0.05, 0.1) is 6.54 Å². The molecule has 1 heterocycles. The van der Waals surface area contributed by atoms with Crippen molar-refractivity contribution in [1.29, 1.82) is 0 Å². The van der Waals surface area contributed by atoms with Crippen LogP contribution in [0.5, 0.6) is 0 Å². The van der Waals surface area contributed by atoms with Crippen LogP contribution in [0.15, 0.2) is 48.5 Å². The Bertz CT molecular complexity index is 759. The lowest BCUT2D eigenvalue weighted by atomic mass is 9.99. The van der Waals surface area contributed by atoms with Crippen molar-refractivity contribution < 1.29 is 14.3 Å². The molecule has 1 N–H and O–H groups in total. The Morgan fingerprint density at radius 2 is 1.96 bits per heavy atom. The Labute approximate surface area is 147 Å². The minimum absolute atomic E-state index is 0.0478. The molecule has 0 radical (unpaired) electrons.